The first-order valence-corrected chi connectivity index (χ1v) is 3.42. The Hall–Kier alpha value is -1.70. The molecule has 0 spiro atoms. The summed E-state index contributed by atoms with van der Waals surface area (Å²) in [6, 6.07) is 0. The number of aromatic amines is 2. The van der Waals surface area contributed by atoms with Crippen molar-refractivity contribution in [2.45, 2.75) is 0 Å². The third-order valence-electron chi connectivity index (χ3n) is 1.30. The minimum atomic E-state index is -0.421. The highest BCUT2D eigenvalue weighted by Crippen LogP contribution is 1.90. The van der Waals surface area contributed by atoms with E-state index < -0.39 is 5.56 Å². The molecular weight excluding hydrogens is 180 g/mol. The summed E-state index contributed by atoms with van der Waals surface area (Å²) in [4.78, 5) is 13.4. The summed E-state index contributed by atoms with van der Waals surface area (Å²) in [6.45, 7) is 0. The van der Waals surface area contributed by atoms with E-state index in [-0.39, 0.29) is 16.4 Å². The second kappa shape index (κ2) is 2.14. The number of hydrogen-bond acceptors (Lipinski definition) is 5. The molecule has 12 heavy (non-hydrogen) atoms. The molecule has 2 aromatic rings. The molecule has 4 N–H and O–H groups in total. The fraction of sp³-hybridized carbons (Fsp3) is 0. The second-order valence-corrected chi connectivity index (χ2v) is 2.49. The number of nitrogen functional groups attached to an aromatic ring is 1. The monoisotopic (exact) mass is 184 g/mol. The van der Waals surface area contributed by atoms with Gasteiger partial charge in [-0.05, 0) is 12.2 Å². The maximum Gasteiger partial charge on any atom is 0.297 e. The summed E-state index contributed by atoms with van der Waals surface area (Å²) in [7, 11) is 0. The van der Waals surface area contributed by atoms with Gasteiger partial charge >= 0.3 is 0 Å². The first-order valence-electron chi connectivity index (χ1n) is 3.01. The van der Waals surface area contributed by atoms with Crippen LogP contribution >= 0.6 is 12.2 Å². The number of hydrogen-bond donors (Lipinski definition) is 3. The molecule has 0 aliphatic rings. The molecule has 7 nitrogen and oxygen atoms in total. The Morgan fingerprint density at radius 2 is 2.33 bits per heavy atom. The summed E-state index contributed by atoms with van der Waals surface area (Å²) >= 11 is 4.78. The van der Waals surface area contributed by atoms with Gasteiger partial charge in [-0.1, -0.05) is 0 Å². The van der Waals surface area contributed by atoms with Gasteiger partial charge in [0.25, 0.3) is 5.56 Å². The molecule has 2 rings (SSSR count). The zero-order valence-corrected chi connectivity index (χ0v) is 6.55. The molecule has 0 aliphatic heterocycles. The van der Waals surface area contributed by atoms with Crippen LogP contribution in [0.4, 0.5) is 5.95 Å². The van der Waals surface area contributed by atoms with Crippen molar-refractivity contribution in [3.63, 3.8) is 0 Å². The van der Waals surface area contributed by atoms with Crippen molar-refractivity contribution in [2.75, 3.05) is 5.73 Å². The maximum atomic E-state index is 11.1. The van der Waals surface area contributed by atoms with Crippen LogP contribution in [0.3, 0.4) is 0 Å². The van der Waals surface area contributed by atoms with E-state index in [1.54, 1.807) is 0 Å². The molecule has 2 aromatic heterocycles. The van der Waals surface area contributed by atoms with E-state index in [0.717, 1.165) is 0 Å². The quantitative estimate of drug-likeness (QED) is 0.458. The summed E-state index contributed by atoms with van der Waals surface area (Å²) < 4.78 is 1.41. The Bertz CT molecular complexity index is 534. The Kier molecular flexibility index (Phi) is 1.24. The van der Waals surface area contributed by atoms with Crippen molar-refractivity contribution in [3.05, 3.63) is 15.1 Å². The molecule has 0 amide bonds. The Morgan fingerprint density at radius 3 is 3.08 bits per heavy atom. The molecule has 8 heteroatoms. The van der Waals surface area contributed by atoms with E-state index in [1.165, 1.54) is 4.52 Å². The molecule has 0 fully saturated rings. The molecule has 0 aliphatic carbocycles. The molecule has 2 heterocycles. The predicted molar refractivity (Wildman–Crippen MR) is 43.2 cm³/mol. The lowest BCUT2D eigenvalue weighted by molar-refractivity contribution is 0.880. The maximum absolute atomic E-state index is 11.1. The van der Waals surface area contributed by atoms with Gasteiger partial charge < -0.3 is 5.73 Å². The molecular formula is C4H4N6OS. The van der Waals surface area contributed by atoms with Crippen LogP contribution in [-0.2, 0) is 0 Å². The van der Waals surface area contributed by atoms with Crippen molar-refractivity contribution in [1.29, 1.82) is 0 Å². The molecule has 0 saturated heterocycles. The molecule has 62 valence electrons. The number of fused-ring (bicyclic) bond motifs is 1. The number of nitrogens with two attached hydrogens (primary N) is 1. The first-order chi connectivity index (χ1) is 5.68. The van der Waals surface area contributed by atoms with Crippen molar-refractivity contribution < 1.29 is 0 Å². The van der Waals surface area contributed by atoms with Crippen molar-refractivity contribution in [1.82, 2.24) is 24.8 Å². The van der Waals surface area contributed by atoms with Gasteiger partial charge in [0.1, 0.15) is 0 Å². The van der Waals surface area contributed by atoms with Crippen LogP contribution in [0.5, 0.6) is 0 Å². The van der Waals surface area contributed by atoms with E-state index in [9.17, 15) is 4.79 Å². The highest BCUT2D eigenvalue weighted by molar-refractivity contribution is 7.71. The molecule has 0 aromatic carbocycles. The van der Waals surface area contributed by atoms with E-state index in [2.05, 4.69) is 20.3 Å². The highest BCUT2D eigenvalue weighted by Gasteiger charge is 2.03. The van der Waals surface area contributed by atoms with Crippen LogP contribution in [0.25, 0.3) is 5.65 Å². The van der Waals surface area contributed by atoms with E-state index in [1.807, 2.05) is 0 Å². The zero-order valence-electron chi connectivity index (χ0n) is 5.74. The van der Waals surface area contributed by atoms with Crippen LogP contribution in [0.1, 0.15) is 0 Å². The number of aromatic nitrogens is 5. The molecule has 0 radical (unpaired) electrons. The van der Waals surface area contributed by atoms with Gasteiger partial charge in [0.05, 0.1) is 0 Å². The number of rotatable bonds is 0. The second-order valence-electron chi connectivity index (χ2n) is 2.10. The number of anilines is 1. The van der Waals surface area contributed by atoms with Crippen molar-refractivity contribution in [3.8, 4) is 0 Å². The van der Waals surface area contributed by atoms with Crippen LogP contribution in [0.2, 0.25) is 0 Å². The van der Waals surface area contributed by atoms with Gasteiger partial charge in [-0.15, -0.1) is 10.2 Å². The molecule has 0 bridgehead atoms. The van der Waals surface area contributed by atoms with Crippen molar-refractivity contribution in [2.24, 2.45) is 0 Å². The normalized spacial score (nSPS) is 10.7. The number of H-pyrrole nitrogens is 2. The van der Waals surface area contributed by atoms with Gasteiger partial charge in [-0.3, -0.25) is 9.78 Å². The summed E-state index contributed by atoms with van der Waals surface area (Å²) in [5.74, 6) is 0.00463. The van der Waals surface area contributed by atoms with Gasteiger partial charge in [-0.25, -0.2) is 5.10 Å². The third kappa shape index (κ3) is 0.815. The molecule has 0 saturated carbocycles. The summed E-state index contributed by atoms with van der Waals surface area (Å²) in [5, 5.41) is 9.80. The van der Waals surface area contributed by atoms with Crippen LogP contribution in [0, 0.1) is 4.77 Å². The Morgan fingerprint density at radius 1 is 1.58 bits per heavy atom. The Labute approximate surface area is 70.2 Å². The average Bonchev–Trinajstić information content (AvgIpc) is 2.33. The lowest BCUT2D eigenvalue weighted by atomic mass is 10.7. The van der Waals surface area contributed by atoms with Crippen LogP contribution in [-0.4, -0.2) is 24.8 Å². The largest absolute Gasteiger partial charge is 0.368 e. The lowest BCUT2D eigenvalue weighted by Crippen LogP contribution is -2.15. The highest BCUT2D eigenvalue weighted by atomic mass is 32.1. The summed E-state index contributed by atoms with van der Waals surface area (Å²) in [6.07, 6.45) is 0. The fourth-order valence-corrected chi connectivity index (χ4v) is 1.01. The lowest BCUT2D eigenvalue weighted by Gasteiger charge is -1.91. The van der Waals surface area contributed by atoms with Crippen LogP contribution in [0.15, 0.2) is 4.79 Å². The fourth-order valence-electron chi connectivity index (χ4n) is 0.836. The molecule has 0 unspecified atom stereocenters. The zero-order chi connectivity index (χ0) is 8.72. The van der Waals surface area contributed by atoms with E-state index in [0.29, 0.717) is 0 Å². The molecule has 0 atom stereocenters. The van der Waals surface area contributed by atoms with Crippen LogP contribution < -0.4 is 11.3 Å². The van der Waals surface area contributed by atoms with Gasteiger partial charge in [0.15, 0.2) is 0 Å². The Balaban J connectivity index is 3.13. The van der Waals surface area contributed by atoms with E-state index in [4.69, 9.17) is 18.0 Å². The standard InChI is InChI=1S/C4H4N6OS/c5-3-6-2(11)1-7-8-4(12)10(1)9-3/h(H,8,12)(H3,5,6,9,11). The van der Waals surface area contributed by atoms with Gasteiger partial charge in [0.2, 0.25) is 16.4 Å². The SMILES string of the molecule is Nc1nn2c(=S)[nH]nc2c(=O)[nH]1. The summed E-state index contributed by atoms with van der Waals surface area (Å²) in [5.41, 5.74) is 4.96. The average molecular weight is 184 g/mol. The van der Waals surface area contributed by atoms with Crippen molar-refractivity contribution >= 4 is 23.8 Å². The topological polar surface area (TPSA) is 105 Å². The minimum Gasteiger partial charge on any atom is -0.368 e. The van der Waals surface area contributed by atoms with Gasteiger partial charge in [0, 0.05) is 0 Å². The number of nitrogens with one attached hydrogen (secondary N) is 2. The van der Waals surface area contributed by atoms with Gasteiger partial charge in [-0.2, -0.15) is 4.52 Å². The minimum absolute atomic E-state index is 0.00463. The predicted octanol–water partition coefficient (Wildman–Crippen LogP) is -0.943. The first kappa shape index (κ1) is 6.98. The third-order valence-corrected chi connectivity index (χ3v) is 1.57. The number of nitrogens with zero attached hydrogens (tertiary/aromatic N) is 3. The smallest absolute Gasteiger partial charge is 0.297 e. The van der Waals surface area contributed by atoms with E-state index >= 15 is 0 Å².